The molecular weight excluding hydrogens is 464 g/mol. The van der Waals surface area contributed by atoms with Crippen LogP contribution in [0.25, 0.3) is 0 Å². The largest absolute Gasteiger partial charge is 0.478 e. The van der Waals surface area contributed by atoms with Crippen LogP contribution in [0.3, 0.4) is 0 Å². The van der Waals surface area contributed by atoms with Crippen LogP contribution >= 0.6 is 0 Å². The predicted octanol–water partition coefficient (Wildman–Crippen LogP) is 6.74. The van der Waals surface area contributed by atoms with Crippen molar-refractivity contribution in [3.05, 3.63) is 94.5 Å². The van der Waals surface area contributed by atoms with E-state index in [1.54, 1.807) is 12.1 Å². The third-order valence-corrected chi connectivity index (χ3v) is 8.43. The van der Waals surface area contributed by atoms with Gasteiger partial charge in [-0.25, -0.2) is 9.59 Å². The fourth-order valence-electron chi connectivity index (χ4n) is 7.19. The Hall–Kier alpha value is -4.04. The van der Waals surface area contributed by atoms with Gasteiger partial charge in [-0.15, -0.1) is 0 Å². The minimum atomic E-state index is -1.15. The van der Waals surface area contributed by atoms with Crippen LogP contribution in [0.1, 0.15) is 75.9 Å². The number of carboxylic acid groups (broad SMARTS) is 2. The Kier molecular flexibility index (Phi) is 5.76. The highest BCUT2D eigenvalue weighted by Crippen LogP contribution is 2.60. The van der Waals surface area contributed by atoms with Crippen LogP contribution in [0.4, 0.5) is 0 Å². The van der Waals surface area contributed by atoms with E-state index in [4.69, 9.17) is 4.74 Å². The molecule has 4 saturated carbocycles. The Bertz CT molecular complexity index is 1390. The summed E-state index contributed by atoms with van der Waals surface area (Å²) in [5.41, 5.74) is 2.63. The van der Waals surface area contributed by atoms with Crippen LogP contribution in [0.15, 0.2) is 66.7 Å². The molecule has 5 heteroatoms. The summed E-state index contributed by atoms with van der Waals surface area (Å²) in [5, 5.41) is 18.6. The molecule has 0 unspecified atom stereocenters. The number of hydrogen-bond acceptors (Lipinski definition) is 3. The van der Waals surface area contributed by atoms with Gasteiger partial charge in [-0.05, 0) is 122 Å². The van der Waals surface area contributed by atoms with E-state index in [0.717, 1.165) is 23.5 Å². The van der Waals surface area contributed by atoms with Crippen molar-refractivity contribution in [1.29, 1.82) is 0 Å². The van der Waals surface area contributed by atoms with Crippen molar-refractivity contribution in [3.8, 4) is 23.3 Å². The fourth-order valence-corrected chi connectivity index (χ4v) is 7.19. The van der Waals surface area contributed by atoms with Crippen molar-refractivity contribution in [2.45, 2.75) is 43.9 Å². The number of benzene rings is 3. The highest BCUT2D eigenvalue weighted by molar-refractivity contribution is 5.94. The summed E-state index contributed by atoms with van der Waals surface area (Å²) < 4.78 is 6.07. The third-order valence-electron chi connectivity index (χ3n) is 8.43. The number of rotatable bonds is 5. The second-order valence-electron chi connectivity index (χ2n) is 11.0. The van der Waals surface area contributed by atoms with Gasteiger partial charge in [0.05, 0.1) is 11.1 Å². The Morgan fingerprint density at radius 2 is 1.30 bits per heavy atom. The third kappa shape index (κ3) is 4.60. The average molecular weight is 493 g/mol. The maximum atomic E-state index is 11.5. The molecule has 3 aromatic rings. The lowest BCUT2D eigenvalue weighted by Gasteiger charge is -2.57. The van der Waals surface area contributed by atoms with E-state index in [1.165, 1.54) is 62.3 Å². The molecule has 37 heavy (non-hydrogen) atoms. The molecule has 3 aromatic carbocycles. The maximum absolute atomic E-state index is 11.5. The second kappa shape index (κ2) is 9.12. The molecule has 186 valence electrons. The molecule has 0 aromatic heterocycles. The SMILES string of the molecule is O=C(O)c1ccc(C(=O)O)c(C#Cc2ccc(Oc3ccc(C45CC6CC(CC(C6)C4)C5)cc3)cc2)c1. The number of carboxylic acids is 2. The molecule has 0 amide bonds. The first-order chi connectivity index (χ1) is 17.9. The van der Waals surface area contributed by atoms with E-state index in [0.29, 0.717) is 16.7 Å². The zero-order valence-electron chi connectivity index (χ0n) is 20.4. The van der Waals surface area contributed by atoms with Gasteiger partial charge >= 0.3 is 11.9 Å². The van der Waals surface area contributed by atoms with E-state index in [9.17, 15) is 19.8 Å². The van der Waals surface area contributed by atoms with Gasteiger partial charge in [0, 0.05) is 11.1 Å². The Morgan fingerprint density at radius 1 is 0.730 bits per heavy atom. The summed E-state index contributed by atoms with van der Waals surface area (Å²) in [6.45, 7) is 0. The summed E-state index contributed by atoms with van der Waals surface area (Å²) in [5.74, 6) is 7.67. The Balaban J connectivity index is 1.15. The zero-order chi connectivity index (χ0) is 25.6. The average Bonchev–Trinajstić information content (AvgIpc) is 2.87. The van der Waals surface area contributed by atoms with Crippen molar-refractivity contribution in [2.75, 3.05) is 0 Å². The lowest BCUT2D eigenvalue weighted by atomic mass is 9.48. The maximum Gasteiger partial charge on any atom is 0.336 e. The quantitative estimate of drug-likeness (QED) is 0.385. The van der Waals surface area contributed by atoms with E-state index in [2.05, 4.69) is 36.1 Å². The predicted molar refractivity (Wildman–Crippen MR) is 139 cm³/mol. The molecule has 7 rings (SSSR count). The molecule has 0 saturated heterocycles. The first kappa shape index (κ1) is 23.4. The molecule has 5 nitrogen and oxygen atoms in total. The van der Waals surface area contributed by atoms with Crippen LogP contribution in [-0.2, 0) is 5.41 Å². The smallest absolute Gasteiger partial charge is 0.336 e. The van der Waals surface area contributed by atoms with Crippen LogP contribution < -0.4 is 4.74 Å². The zero-order valence-corrected chi connectivity index (χ0v) is 20.4. The molecule has 4 fully saturated rings. The van der Waals surface area contributed by atoms with Gasteiger partial charge in [0.1, 0.15) is 11.5 Å². The minimum Gasteiger partial charge on any atom is -0.478 e. The van der Waals surface area contributed by atoms with Gasteiger partial charge in [0.25, 0.3) is 0 Å². The van der Waals surface area contributed by atoms with Gasteiger partial charge < -0.3 is 14.9 Å². The fraction of sp³-hybridized carbons (Fsp3) is 0.312. The van der Waals surface area contributed by atoms with E-state index >= 15 is 0 Å². The standard InChI is InChI=1S/C32H28O5/c33-30(34)25-5-12-29(31(35)36)24(16-25)4-1-20-2-8-27(9-3-20)37-28-10-6-26(7-11-28)32-17-21-13-22(18-32)15-23(14-21)19-32/h2-3,5-12,16,21-23H,13-15,17-19H2,(H,33,34)(H,35,36). The van der Waals surface area contributed by atoms with E-state index in [1.807, 2.05) is 12.1 Å². The first-order valence-electron chi connectivity index (χ1n) is 12.9. The molecule has 0 atom stereocenters. The molecular formula is C32H28O5. The van der Waals surface area contributed by atoms with Crippen molar-refractivity contribution in [2.24, 2.45) is 17.8 Å². The molecule has 4 bridgehead atoms. The van der Waals surface area contributed by atoms with Crippen LogP contribution in [-0.4, -0.2) is 22.2 Å². The Labute approximate surface area is 216 Å². The van der Waals surface area contributed by atoms with Crippen LogP contribution in [0.5, 0.6) is 11.5 Å². The van der Waals surface area contributed by atoms with Gasteiger partial charge in [-0.1, -0.05) is 24.0 Å². The highest BCUT2D eigenvalue weighted by Gasteiger charge is 2.51. The monoisotopic (exact) mass is 492 g/mol. The Morgan fingerprint density at radius 3 is 1.84 bits per heavy atom. The van der Waals surface area contributed by atoms with Gasteiger partial charge in [0.2, 0.25) is 0 Å². The van der Waals surface area contributed by atoms with Gasteiger partial charge in [0.15, 0.2) is 0 Å². The number of aromatic carboxylic acids is 2. The molecule has 4 aliphatic carbocycles. The lowest BCUT2D eigenvalue weighted by molar-refractivity contribution is -0.00520. The van der Waals surface area contributed by atoms with Crippen LogP contribution in [0, 0.1) is 29.6 Å². The normalized spacial score (nSPS) is 25.2. The second-order valence-corrected chi connectivity index (χ2v) is 11.0. The lowest BCUT2D eigenvalue weighted by Crippen LogP contribution is -2.48. The molecule has 0 heterocycles. The molecule has 4 aliphatic rings. The molecule has 2 N–H and O–H groups in total. The van der Waals surface area contributed by atoms with Gasteiger partial charge in [-0.2, -0.15) is 0 Å². The summed E-state index contributed by atoms with van der Waals surface area (Å²) in [6, 6.07) is 19.7. The number of carbonyl (C=O) groups is 2. The van der Waals surface area contributed by atoms with E-state index in [-0.39, 0.29) is 16.7 Å². The summed E-state index contributed by atoms with van der Waals surface area (Å²) in [4.78, 5) is 22.7. The number of hydrogen-bond donors (Lipinski definition) is 2. The molecule has 0 radical (unpaired) electrons. The summed E-state index contributed by atoms with van der Waals surface area (Å²) in [7, 11) is 0. The van der Waals surface area contributed by atoms with Gasteiger partial charge in [-0.3, -0.25) is 0 Å². The van der Waals surface area contributed by atoms with Crippen molar-refractivity contribution in [1.82, 2.24) is 0 Å². The van der Waals surface area contributed by atoms with Crippen LogP contribution in [0.2, 0.25) is 0 Å². The summed E-state index contributed by atoms with van der Waals surface area (Å²) >= 11 is 0. The summed E-state index contributed by atoms with van der Waals surface area (Å²) in [6.07, 6.45) is 8.35. The van der Waals surface area contributed by atoms with Crippen molar-refractivity contribution < 1.29 is 24.5 Å². The van der Waals surface area contributed by atoms with Crippen molar-refractivity contribution >= 4 is 11.9 Å². The highest BCUT2D eigenvalue weighted by atomic mass is 16.5. The topological polar surface area (TPSA) is 83.8 Å². The van der Waals surface area contributed by atoms with Crippen molar-refractivity contribution in [3.63, 3.8) is 0 Å². The van der Waals surface area contributed by atoms with E-state index < -0.39 is 11.9 Å². The minimum absolute atomic E-state index is 0.00717. The number of ether oxygens (including phenoxy) is 1. The molecule has 0 spiro atoms. The first-order valence-corrected chi connectivity index (χ1v) is 12.9. The molecule has 0 aliphatic heterocycles.